The lowest BCUT2D eigenvalue weighted by Crippen LogP contribution is -2.37. The molecule has 0 aliphatic carbocycles. The zero-order chi connectivity index (χ0) is 18.1. The van der Waals surface area contributed by atoms with Gasteiger partial charge in [-0.25, -0.2) is 4.39 Å². The summed E-state index contributed by atoms with van der Waals surface area (Å²) in [4.78, 5) is 16.2. The van der Waals surface area contributed by atoms with Gasteiger partial charge < -0.3 is 20.8 Å². The van der Waals surface area contributed by atoms with E-state index in [1.807, 2.05) is 0 Å². The number of carbonyl (C=O) groups excluding carboxylic acids is 1. The minimum atomic E-state index is -0.590. The van der Waals surface area contributed by atoms with Gasteiger partial charge in [-0.15, -0.1) is 11.8 Å². The van der Waals surface area contributed by atoms with Gasteiger partial charge in [0.05, 0.1) is 6.54 Å². The molecule has 0 aliphatic rings. The first-order valence-corrected chi connectivity index (χ1v) is 8.78. The van der Waals surface area contributed by atoms with E-state index in [4.69, 9.17) is 10.2 Å². The normalized spacial score (nSPS) is 11.4. The molecule has 0 saturated carbocycles. The summed E-state index contributed by atoms with van der Waals surface area (Å²) in [5, 5.41) is 6.29. The summed E-state index contributed by atoms with van der Waals surface area (Å²) in [5.41, 5.74) is 5.14. The van der Waals surface area contributed by atoms with Crippen LogP contribution in [-0.2, 0) is 6.54 Å². The number of rotatable bonds is 8. The molecular weight excluding hydrogens is 343 g/mol. The Balaban J connectivity index is 1.64. The lowest BCUT2D eigenvalue weighted by atomic mass is 10.4. The highest BCUT2D eigenvalue weighted by molar-refractivity contribution is 7.99. The summed E-state index contributed by atoms with van der Waals surface area (Å²) >= 11 is 1.68. The minimum absolute atomic E-state index is 0.137. The fourth-order valence-electron chi connectivity index (χ4n) is 2.00. The Labute approximate surface area is 150 Å². The van der Waals surface area contributed by atoms with Crippen molar-refractivity contribution in [2.75, 3.05) is 19.3 Å². The van der Waals surface area contributed by atoms with Gasteiger partial charge in [-0.3, -0.25) is 9.79 Å². The summed E-state index contributed by atoms with van der Waals surface area (Å²) in [6.07, 6.45) is 0.926. The summed E-state index contributed by atoms with van der Waals surface area (Å²) in [7, 11) is 1.68. The molecule has 1 amide bonds. The number of furan rings is 1. The Bertz CT molecular complexity index is 716. The molecule has 2 aromatic rings. The Morgan fingerprint density at radius 3 is 2.64 bits per heavy atom. The van der Waals surface area contributed by atoms with Gasteiger partial charge in [0.1, 0.15) is 11.6 Å². The van der Waals surface area contributed by atoms with Gasteiger partial charge >= 0.3 is 0 Å². The summed E-state index contributed by atoms with van der Waals surface area (Å²) in [6, 6.07) is 9.71. The maximum absolute atomic E-state index is 12.8. The Morgan fingerprint density at radius 2 is 2.00 bits per heavy atom. The number of hydrogen-bond donors (Lipinski definition) is 3. The van der Waals surface area contributed by atoms with Gasteiger partial charge in [-0.2, -0.15) is 0 Å². The minimum Gasteiger partial charge on any atom is -0.454 e. The van der Waals surface area contributed by atoms with E-state index in [0.29, 0.717) is 18.3 Å². The van der Waals surface area contributed by atoms with Gasteiger partial charge in [-0.1, -0.05) is 0 Å². The summed E-state index contributed by atoms with van der Waals surface area (Å²) < 4.78 is 18.1. The number of halogens is 1. The third-order valence-corrected chi connectivity index (χ3v) is 4.35. The van der Waals surface area contributed by atoms with Gasteiger partial charge in [0.25, 0.3) is 5.91 Å². The number of benzene rings is 1. The number of carbonyl (C=O) groups is 1. The van der Waals surface area contributed by atoms with Gasteiger partial charge in [-0.05, 0) is 48.6 Å². The van der Waals surface area contributed by atoms with E-state index in [1.54, 1.807) is 43.1 Å². The van der Waals surface area contributed by atoms with Crippen molar-refractivity contribution < 1.29 is 13.6 Å². The molecule has 4 N–H and O–H groups in total. The smallest absolute Gasteiger partial charge is 0.284 e. The van der Waals surface area contributed by atoms with Gasteiger partial charge in [0.2, 0.25) is 0 Å². The first kappa shape index (κ1) is 18.9. The molecule has 1 aromatic heterocycles. The van der Waals surface area contributed by atoms with Crippen LogP contribution in [0, 0.1) is 5.82 Å². The topological polar surface area (TPSA) is 92.6 Å². The van der Waals surface area contributed by atoms with Crippen LogP contribution < -0.4 is 16.4 Å². The van der Waals surface area contributed by atoms with E-state index in [9.17, 15) is 9.18 Å². The molecule has 0 unspecified atom stereocenters. The van der Waals surface area contributed by atoms with Crippen molar-refractivity contribution in [3.05, 3.63) is 53.7 Å². The maximum Gasteiger partial charge on any atom is 0.284 e. The fourth-order valence-corrected chi connectivity index (χ4v) is 2.85. The number of thioether (sulfide) groups is 1. The number of amides is 1. The molecule has 0 saturated heterocycles. The summed E-state index contributed by atoms with van der Waals surface area (Å²) in [6.45, 7) is 1.15. The van der Waals surface area contributed by atoms with Crippen molar-refractivity contribution >= 4 is 23.6 Å². The number of guanidine groups is 1. The maximum atomic E-state index is 12.8. The molecule has 6 nitrogen and oxygen atoms in total. The molecule has 0 radical (unpaired) electrons. The summed E-state index contributed by atoms with van der Waals surface area (Å²) in [5.74, 6) is 1.48. The van der Waals surface area contributed by atoms with E-state index < -0.39 is 5.91 Å². The molecule has 1 heterocycles. The van der Waals surface area contributed by atoms with Crippen molar-refractivity contribution in [3.63, 3.8) is 0 Å². The molecule has 2 rings (SSSR count). The number of primary amides is 1. The Kier molecular flexibility index (Phi) is 7.34. The Hall–Kier alpha value is -2.48. The highest BCUT2D eigenvalue weighted by Gasteiger charge is 2.07. The van der Waals surface area contributed by atoms with Crippen LogP contribution in [0.4, 0.5) is 4.39 Å². The lowest BCUT2D eigenvalue weighted by Gasteiger charge is -2.10. The van der Waals surface area contributed by atoms with E-state index in [-0.39, 0.29) is 11.6 Å². The molecule has 0 bridgehead atoms. The van der Waals surface area contributed by atoms with E-state index >= 15 is 0 Å². The zero-order valence-corrected chi connectivity index (χ0v) is 14.7. The lowest BCUT2D eigenvalue weighted by molar-refractivity contribution is 0.0972. The molecule has 8 heteroatoms. The quantitative estimate of drug-likeness (QED) is 0.289. The molecule has 25 heavy (non-hydrogen) atoms. The number of nitrogens with one attached hydrogen (secondary N) is 2. The van der Waals surface area contributed by atoms with Crippen LogP contribution in [0.15, 0.2) is 50.7 Å². The monoisotopic (exact) mass is 364 g/mol. The molecule has 0 fully saturated rings. The second-order valence-electron chi connectivity index (χ2n) is 5.14. The van der Waals surface area contributed by atoms with Crippen LogP contribution in [0.5, 0.6) is 0 Å². The van der Waals surface area contributed by atoms with Crippen molar-refractivity contribution in [3.8, 4) is 0 Å². The number of nitrogens with zero attached hydrogens (tertiary/aromatic N) is 1. The van der Waals surface area contributed by atoms with Crippen molar-refractivity contribution in [2.45, 2.75) is 17.9 Å². The standard InChI is InChI=1S/C17H21FN4O2S/c1-20-17(22-11-13-5-8-15(24-13)16(19)23)21-9-2-10-25-14-6-3-12(18)4-7-14/h3-8H,2,9-11H2,1H3,(H2,19,23)(H2,20,21,22). The van der Waals surface area contributed by atoms with Crippen molar-refractivity contribution in [1.29, 1.82) is 0 Å². The van der Waals surface area contributed by atoms with Crippen LogP contribution in [0.25, 0.3) is 0 Å². The van der Waals surface area contributed by atoms with Crippen molar-refractivity contribution in [1.82, 2.24) is 10.6 Å². The highest BCUT2D eigenvalue weighted by atomic mass is 32.2. The van der Waals surface area contributed by atoms with Crippen LogP contribution in [0.3, 0.4) is 0 Å². The fraction of sp³-hybridized carbons (Fsp3) is 0.294. The predicted molar refractivity (Wildman–Crippen MR) is 97.2 cm³/mol. The molecule has 0 atom stereocenters. The van der Waals surface area contributed by atoms with E-state index in [1.165, 1.54) is 12.1 Å². The second-order valence-corrected chi connectivity index (χ2v) is 6.31. The van der Waals surface area contributed by atoms with Crippen LogP contribution >= 0.6 is 11.8 Å². The van der Waals surface area contributed by atoms with E-state index in [0.717, 1.165) is 23.6 Å². The Morgan fingerprint density at radius 1 is 1.24 bits per heavy atom. The van der Waals surface area contributed by atoms with Crippen LogP contribution in [0.2, 0.25) is 0 Å². The molecular formula is C17H21FN4O2S. The predicted octanol–water partition coefficient (Wildman–Crippen LogP) is 2.36. The SMILES string of the molecule is CN=C(NCCCSc1ccc(F)cc1)NCc1ccc(C(N)=O)o1. The third-order valence-electron chi connectivity index (χ3n) is 3.25. The molecule has 0 spiro atoms. The van der Waals surface area contributed by atoms with Crippen molar-refractivity contribution in [2.24, 2.45) is 10.7 Å². The average molecular weight is 364 g/mol. The second kappa shape index (κ2) is 9.73. The average Bonchev–Trinajstić information content (AvgIpc) is 3.08. The van der Waals surface area contributed by atoms with Gasteiger partial charge in [0, 0.05) is 18.5 Å². The van der Waals surface area contributed by atoms with Crippen LogP contribution in [0.1, 0.15) is 22.7 Å². The largest absolute Gasteiger partial charge is 0.454 e. The highest BCUT2D eigenvalue weighted by Crippen LogP contribution is 2.18. The van der Waals surface area contributed by atoms with E-state index in [2.05, 4.69) is 15.6 Å². The number of nitrogens with two attached hydrogens (primary N) is 1. The van der Waals surface area contributed by atoms with Crippen LogP contribution in [-0.4, -0.2) is 31.2 Å². The molecule has 0 aliphatic heterocycles. The zero-order valence-electron chi connectivity index (χ0n) is 13.9. The third kappa shape index (κ3) is 6.50. The molecule has 134 valence electrons. The first-order chi connectivity index (χ1) is 12.1. The molecule has 1 aromatic carbocycles. The first-order valence-electron chi connectivity index (χ1n) is 7.80. The van der Waals surface area contributed by atoms with Gasteiger partial charge in [0.15, 0.2) is 11.7 Å². The number of hydrogen-bond acceptors (Lipinski definition) is 4. The number of aliphatic imine (C=N–C) groups is 1.